The van der Waals surface area contributed by atoms with Crippen molar-refractivity contribution in [3.8, 4) is 11.3 Å². The number of hydrogen-bond acceptors (Lipinski definition) is 3. The molecule has 92 valence electrons. The average Bonchev–Trinajstić information content (AvgIpc) is 2.88. The first kappa shape index (κ1) is 11.0. The van der Waals surface area contributed by atoms with Crippen LogP contribution in [0.15, 0.2) is 28.7 Å². The summed E-state index contributed by atoms with van der Waals surface area (Å²) in [6.45, 7) is 4.29. The standard InChI is InChI=1S/C14H15N3O/c1-8-13(10-5-3-4-6-11(10)16-8)14-9(2)18-12(7-15)17-14/h3-6,16H,7,15H2,1-2H3. The van der Waals surface area contributed by atoms with E-state index in [2.05, 4.69) is 22.1 Å². The van der Waals surface area contributed by atoms with Gasteiger partial charge in [0.15, 0.2) is 0 Å². The second kappa shape index (κ2) is 3.99. The van der Waals surface area contributed by atoms with E-state index < -0.39 is 0 Å². The van der Waals surface area contributed by atoms with Gasteiger partial charge in [0.2, 0.25) is 5.89 Å². The predicted octanol–water partition coefficient (Wildman–Crippen LogP) is 2.90. The summed E-state index contributed by atoms with van der Waals surface area (Å²) < 4.78 is 5.54. The molecule has 0 fully saturated rings. The second-order valence-corrected chi connectivity index (χ2v) is 4.39. The maximum absolute atomic E-state index is 5.57. The number of para-hydroxylation sites is 1. The molecule has 0 bridgehead atoms. The van der Waals surface area contributed by atoms with Crippen LogP contribution in [0.5, 0.6) is 0 Å². The largest absolute Gasteiger partial charge is 0.444 e. The summed E-state index contributed by atoms with van der Waals surface area (Å²) in [7, 11) is 0. The lowest BCUT2D eigenvalue weighted by atomic mass is 10.1. The Balaban J connectivity index is 2.30. The number of aromatic amines is 1. The van der Waals surface area contributed by atoms with Crippen molar-refractivity contribution in [2.75, 3.05) is 0 Å². The molecule has 4 nitrogen and oxygen atoms in total. The number of nitrogens with one attached hydrogen (secondary N) is 1. The first-order chi connectivity index (χ1) is 8.70. The van der Waals surface area contributed by atoms with Crippen molar-refractivity contribution in [1.82, 2.24) is 9.97 Å². The van der Waals surface area contributed by atoms with E-state index in [-0.39, 0.29) is 0 Å². The Morgan fingerprint density at radius 2 is 2.06 bits per heavy atom. The average molecular weight is 241 g/mol. The van der Waals surface area contributed by atoms with Gasteiger partial charge in [-0.1, -0.05) is 18.2 Å². The molecule has 2 heterocycles. The normalized spacial score (nSPS) is 11.3. The van der Waals surface area contributed by atoms with E-state index in [9.17, 15) is 0 Å². The zero-order valence-electron chi connectivity index (χ0n) is 10.4. The summed E-state index contributed by atoms with van der Waals surface area (Å²) in [6, 6.07) is 8.19. The molecule has 0 aliphatic rings. The van der Waals surface area contributed by atoms with Gasteiger partial charge in [-0.3, -0.25) is 0 Å². The molecule has 0 saturated carbocycles. The van der Waals surface area contributed by atoms with Crippen molar-refractivity contribution in [2.45, 2.75) is 20.4 Å². The second-order valence-electron chi connectivity index (χ2n) is 4.39. The molecule has 0 saturated heterocycles. The maximum Gasteiger partial charge on any atom is 0.208 e. The summed E-state index contributed by atoms with van der Waals surface area (Å²) in [6.07, 6.45) is 0. The third-order valence-electron chi connectivity index (χ3n) is 3.15. The Hall–Kier alpha value is -2.07. The monoisotopic (exact) mass is 241 g/mol. The Morgan fingerprint density at radius 1 is 1.28 bits per heavy atom. The minimum Gasteiger partial charge on any atom is -0.444 e. The van der Waals surface area contributed by atoms with Gasteiger partial charge < -0.3 is 15.1 Å². The van der Waals surface area contributed by atoms with Crippen molar-refractivity contribution in [3.63, 3.8) is 0 Å². The van der Waals surface area contributed by atoms with Gasteiger partial charge in [-0.2, -0.15) is 0 Å². The Kier molecular flexibility index (Phi) is 2.45. The minimum atomic E-state index is 0.322. The fourth-order valence-electron chi connectivity index (χ4n) is 2.35. The van der Waals surface area contributed by atoms with E-state index in [0.29, 0.717) is 12.4 Å². The van der Waals surface area contributed by atoms with Gasteiger partial charge in [-0.25, -0.2) is 4.98 Å². The molecule has 0 radical (unpaired) electrons. The lowest BCUT2D eigenvalue weighted by molar-refractivity contribution is 0.474. The number of nitrogens with two attached hydrogens (primary N) is 1. The lowest BCUT2D eigenvalue weighted by Crippen LogP contribution is -1.95. The van der Waals surface area contributed by atoms with E-state index in [1.54, 1.807) is 0 Å². The summed E-state index contributed by atoms with van der Waals surface area (Å²) in [5, 5.41) is 1.16. The summed E-state index contributed by atoms with van der Waals surface area (Å²) in [4.78, 5) is 7.84. The molecule has 18 heavy (non-hydrogen) atoms. The van der Waals surface area contributed by atoms with E-state index in [4.69, 9.17) is 10.2 Å². The molecule has 0 amide bonds. The first-order valence-corrected chi connectivity index (χ1v) is 5.94. The van der Waals surface area contributed by atoms with Gasteiger partial charge in [0.05, 0.1) is 6.54 Å². The third kappa shape index (κ3) is 1.54. The first-order valence-electron chi connectivity index (χ1n) is 5.94. The van der Waals surface area contributed by atoms with Gasteiger partial charge >= 0.3 is 0 Å². The van der Waals surface area contributed by atoms with Gasteiger partial charge in [-0.15, -0.1) is 0 Å². The molecule has 0 aliphatic heterocycles. The highest BCUT2D eigenvalue weighted by molar-refractivity contribution is 5.96. The molecule has 4 heteroatoms. The van der Waals surface area contributed by atoms with Crippen LogP contribution >= 0.6 is 0 Å². The number of rotatable bonds is 2. The molecule has 1 aromatic carbocycles. The number of aryl methyl sites for hydroxylation is 2. The summed E-state index contributed by atoms with van der Waals surface area (Å²) >= 11 is 0. The number of oxazole rings is 1. The summed E-state index contributed by atoms with van der Waals surface area (Å²) in [5.74, 6) is 1.38. The fraction of sp³-hybridized carbons (Fsp3) is 0.214. The molecule has 0 aliphatic carbocycles. The zero-order valence-corrected chi connectivity index (χ0v) is 10.4. The smallest absolute Gasteiger partial charge is 0.208 e. The van der Waals surface area contributed by atoms with Crippen molar-refractivity contribution in [1.29, 1.82) is 0 Å². The van der Waals surface area contributed by atoms with Crippen LogP contribution in [0.4, 0.5) is 0 Å². The molecule has 3 rings (SSSR count). The highest BCUT2D eigenvalue weighted by Gasteiger charge is 2.17. The third-order valence-corrected chi connectivity index (χ3v) is 3.15. The van der Waals surface area contributed by atoms with Crippen LogP contribution in [0.25, 0.3) is 22.2 Å². The van der Waals surface area contributed by atoms with E-state index in [0.717, 1.165) is 33.6 Å². The van der Waals surface area contributed by atoms with Gasteiger partial charge in [-0.05, 0) is 19.9 Å². The van der Waals surface area contributed by atoms with Crippen LogP contribution in [-0.2, 0) is 6.54 Å². The van der Waals surface area contributed by atoms with E-state index in [1.165, 1.54) is 0 Å². The van der Waals surface area contributed by atoms with Gasteiger partial charge in [0.25, 0.3) is 0 Å². The molecule has 0 spiro atoms. The van der Waals surface area contributed by atoms with Crippen LogP contribution in [0.3, 0.4) is 0 Å². The Bertz CT molecular complexity index is 709. The zero-order chi connectivity index (χ0) is 12.7. The van der Waals surface area contributed by atoms with Crippen molar-refractivity contribution < 1.29 is 4.42 Å². The number of fused-ring (bicyclic) bond motifs is 1. The molecular formula is C14H15N3O. The number of H-pyrrole nitrogens is 1. The lowest BCUT2D eigenvalue weighted by Gasteiger charge is -1.97. The number of hydrogen-bond donors (Lipinski definition) is 2. The van der Waals surface area contributed by atoms with Crippen LogP contribution < -0.4 is 5.73 Å². The molecular weight excluding hydrogens is 226 g/mol. The Morgan fingerprint density at radius 3 is 2.78 bits per heavy atom. The number of nitrogens with zero attached hydrogens (tertiary/aromatic N) is 1. The van der Waals surface area contributed by atoms with Crippen molar-refractivity contribution >= 4 is 10.9 Å². The molecule has 3 aromatic rings. The summed E-state index contributed by atoms with van der Waals surface area (Å²) in [5.41, 5.74) is 9.76. The topological polar surface area (TPSA) is 67.8 Å². The highest BCUT2D eigenvalue weighted by Crippen LogP contribution is 2.33. The van der Waals surface area contributed by atoms with Crippen molar-refractivity contribution in [2.24, 2.45) is 5.73 Å². The van der Waals surface area contributed by atoms with Crippen LogP contribution in [0.2, 0.25) is 0 Å². The van der Waals surface area contributed by atoms with E-state index in [1.807, 2.05) is 26.0 Å². The fourth-order valence-corrected chi connectivity index (χ4v) is 2.35. The highest BCUT2D eigenvalue weighted by atomic mass is 16.4. The van der Waals surface area contributed by atoms with Crippen molar-refractivity contribution in [3.05, 3.63) is 41.6 Å². The van der Waals surface area contributed by atoms with E-state index >= 15 is 0 Å². The van der Waals surface area contributed by atoms with Crippen LogP contribution in [0.1, 0.15) is 17.3 Å². The van der Waals surface area contributed by atoms with Gasteiger partial charge in [0, 0.05) is 22.2 Å². The maximum atomic E-state index is 5.57. The SMILES string of the molecule is Cc1[nH]c2ccccc2c1-c1nc(CN)oc1C. The Labute approximate surface area is 105 Å². The van der Waals surface area contributed by atoms with Gasteiger partial charge in [0.1, 0.15) is 11.5 Å². The van der Waals surface area contributed by atoms with Crippen LogP contribution in [0, 0.1) is 13.8 Å². The molecule has 0 atom stereocenters. The molecule has 2 aromatic heterocycles. The predicted molar refractivity (Wildman–Crippen MR) is 71.2 cm³/mol. The number of aromatic nitrogens is 2. The quantitative estimate of drug-likeness (QED) is 0.724. The number of benzene rings is 1. The minimum absolute atomic E-state index is 0.322. The molecule has 3 N–H and O–H groups in total. The van der Waals surface area contributed by atoms with Crippen LogP contribution in [-0.4, -0.2) is 9.97 Å². The molecule has 0 unspecified atom stereocenters.